The topological polar surface area (TPSA) is 50.3 Å². The minimum atomic E-state index is -0.253. The van der Waals surface area contributed by atoms with E-state index in [9.17, 15) is 9.59 Å². The lowest BCUT2D eigenvalue weighted by molar-refractivity contribution is 0.0664. The summed E-state index contributed by atoms with van der Waals surface area (Å²) in [5.74, 6) is 0.720. The highest BCUT2D eigenvalue weighted by molar-refractivity contribution is 7.98. The first kappa shape index (κ1) is 20.2. The lowest BCUT2D eigenvalue weighted by Gasteiger charge is -2.14. The van der Waals surface area contributed by atoms with Gasteiger partial charge in [-0.2, -0.15) is 11.8 Å². The Labute approximate surface area is 183 Å². The smallest absolute Gasteiger partial charge is 0.263 e. The minimum Gasteiger partial charge on any atom is -0.273 e. The zero-order valence-electron chi connectivity index (χ0n) is 15.7. The van der Waals surface area contributed by atoms with Crippen LogP contribution in [0.5, 0.6) is 0 Å². The second kappa shape index (κ2) is 8.34. The van der Waals surface area contributed by atoms with Crippen LogP contribution in [0.15, 0.2) is 42.5 Å². The fourth-order valence-corrected chi connectivity index (χ4v) is 5.20. The third-order valence-corrected chi connectivity index (χ3v) is 6.66. The number of amides is 2. The van der Waals surface area contributed by atoms with E-state index in [1.54, 1.807) is 30.0 Å². The standard InChI is InChI=1S/C22H18Cl2N2O2S/c1-2-17-20-19(13-6-3-4-9-18(13)25-17)21(27)26(22(20)28)10-11-29-12-14-15(23)7-5-8-16(14)24/h3-9H,2,10-12H2,1H3. The van der Waals surface area contributed by atoms with E-state index in [-0.39, 0.29) is 11.8 Å². The zero-order chi connectivity index (χ0) is 20.5. The molecule has 1 aliphatic heterocycles. The van der Waals surface area contributed by atoms with Crippen LogP contribution in [0.2, 0.25) is 10.0 Å². The molecule has 148 valence electrons. The Balaban J connectivity index is 1.53. The summed E-state index contributed by atoms with van der Waals surface area (Å²) in [6.07, 6.45) is 0.597. The van der Waals surface area contributed by atoms with Gasteiger partial charge in [0.2, 0.25) is 0 Å². The number of pyridine rings is 1. The molecule has 2 aromatic carbocycles. The van der Waals surface area contributed by atoms with Crippen LogP contribution in [0.3, 0.4) is 0 Å². The Morgan fingerprint density at radius 3 is 2.38 bits per heavy atom. The van der Waals surface area contributed by atoms with E-state index in [2.05, 4.69) is 4.98 Å². The van der Waals surface area contributed by atoms with Crippen molar-refractivity contribution < 1.29 is 9.59 Å². The van der Waals surface area contributed by atoms with Crippen LogP contribution in [0.4, 0.5) is 0 Å². The molecule has 0 bridgehead atoms. The van der Waals surface area contributed by atoms with Crippen LogP contribution in [-0.2, 0) is 12.2 Å². The molecule has 29 heavy (non-hydrogen) atoms. The van der Waals surface area contributed by atoms with Gasteiger partial charge in [0, 0.05) is 33.5 Å². The Bertz CT molecular complexity index is 1110. The van der Waals surface area contributed by atoms with Gasteiger partial charge in [0.05, 0.1) is 22.3 Å². The highest BCUT2D eigenvalue weighted by atomic mass is 35.5. The molecule has 1 aromatic heterocycles. The van der Waals surface area contributed by atoms with E-state index in [0.717, 1.165) is 16.5 Å². The lowest BCUT2D eigenvalue weighted by Crippen LogP contribution is -2.32. The molecule has 0 N–H and O–H groups in total. The Morgan fingerprint density at radius 2 is 1.66 bits per heavy atom. The second-order valence-electron chi connectivity index (χ2n) is 6.69. The molecule has 0 saturated heterocycles. The number of halogens is 2. The molecule has 4 rings (SSSR count). The van der Waals surface area contributed by atoms with E-state index in [1.165, 1.54) is 4.90 Å². The zero-order valence-corrected chi connectivity index (χ0v) is 18.1. The molecule has 0 radical (unpaired) electrons. The molecule has 0 fully saturated rings. The molecule has 2 amide bonds. The molecule has 4 nitrogen and oxygen atoms in total. The molecular formula is C22H18Cl2N2O2S. The van der Waals surface area contributed by atoms with Crippen LogP contribution < -0.4 is 0 Å². The number of hydrogen-bond donors (Lipinski definition) is 0. The molecule has 1 aliphatic rings. The average Bonchev–Trinajstić information content (AvgIpc) is 2.97. The van der Waals surface area contributed by atoms with E-state index in [0.29, 0.717) is 51.3 Å². The van der Waals surface area contributed by atoms with Gasteiger partial charge in [-0.1, -0.05) is 54.4 Å². The summed E-state index contributed by atoms with van der Waals surface area (Å²) in [5, 5.41) is 1.97. The molecule has 0 atom stereocenters. The number of thioether (sulfide) groups is 1. The number of carbonyl (C=O) groups is 2. The first-order valence-corrected chi connectivity index (χ1v) is 11.2. The summed E-state index contributed by atoms with van der Waals surface area (Å²) in [4.78, 5) is 32.0. The van der Waals surface area contributed by atoms with Crippen molar-refractivity contribution in [1.82, 2.24) is 9.88 Å². The fraction of sp³-hybridized carbons (Fsp3) is 0.227. The third kappa shape index (κ3) is 3.63. The van der Waals surface area contributed by atoms with Crippen LogP contribution >= 0.6 is 35.0 Å². The summed E-state index contributed by atoms with van der Waals surface area (Å²) < 4.78 is 0. The molecule has 7 heteroatoms. The normalized spacial score (nSPS) is 13.4. The van der Waals surface area contributed by atoms with Crippen LogP contribution in [0, 0.1) is 0 Å². The van der Waals surface area contributed by atoms with Gasteiger partial charge < -0.3 is 0 Å². The largest absolute Gasteiger partial charge is 0.273 e. The van der Waals surface area contributed by atoms with E-state index in [1.807, 2.05) is 31.2 Å². The number of aryl methyl sites for hydroxylation is 1. The molecule has 0 spiro atoms. The summed E-state index contributed by atoms with van der Waals surface area (Å²) in [6.45, 7) is 2.28. The van der Waals surface area contributed by atoms with Gasteiger partial charge >= 0.3 is 0 Å². The van der Waals surface area contributed by atoms with Crippen molar-refractivity contribution >= 4 is 57.7 Å². The number of benzene rings is 2. The minimum absolute atomic E-state index is 0.241. The number of nitrogens with zero attached hydrogens (tertiary/aromatic N) is 2. The monoisotopic (exact) mass is 444 g/mol. The first-order valence-electron chi connectivity index (χ1n) is 9.31. The van der Waals surface area contributed by atoms with Gasteiger partial charge in [-0.3, -0.25) is 19.5 Å². The summed E-state index contributed by atoms with van der Waals surface area (Å²) in [5.41, 5.74) is 3.22. The van der Waals surface area contributed by atoms with E-state index >= 15 is 0 Å². The van der Waals surface area contributed by atoms with Crippen LogP contribution in [0.25, 0.3) is 10.9 Å². The number of imide groups is 1. The van der Waals surface area contributed by atoms with Crippen molar-refractivity contribution in [2.45, 2.75) is 19.1 Å². The Morgan fingerprint density at radius 1 is 0.966 bits per heavy atom. The van der Waals surface area contributed by atoms with Gasteiger partial charge in [-0.25, -0.2) is 0 Å². The van der Waals surface area contributed by atoms with Gasteiger partial charge in [0.25, 0.3) is 11.8 Å². The SMILES string of the molecule is CCc1nc2ccccc2c2c1C(=O)N(CCSCc1c(Cl)cccc1Cl)C2=O. The van der Waals surface area contributed by atoms with Gasteiger partial charge in [-0.05, 0) is 30.2 Å². The second-order valence-corrected chi connectivity index (χ2v) is 8.61. The average molecular weight is 445 g/mol. The summed E-state index contributed by atoms with van der Waals surface area (Å²) in [7, 11) is 0. The number of fused-ring (bicyclic) bond motifs is 3. The van der Waals surface area contributed by atoms with Crippen molar-refractivity contribution in [3.8, 4) is 0 Å². The lowest BCUT2D eigenvalue weighted by atomic mass is 10.0. The molecule has 2 heterocycles. The van der Waals surface area contributed by atoms with Crippen molar-refractivity contribution in [2.24, 2.45) is 0 Å². The van der Waals surface area contributed by atoms with Crippen LogP contribution in [-0.4, -0.2) is 34.0 Å². The van der Waals surface area contributed by atoms with Crippen molar-refractivity contribution in [1.29, 1.82) is 0 Å². The number of aromatic nitrogens is 1. The van der Waals surface area contributed by atoms with Crippen molar-refractivity contribution in [3.63, 3.8) is 0 Å². The fourth-order valence-electron chi connectivity index (χ4n) is 3.54. The Kier molecular flexibility index (Phi) is 5.81. The third-order valence-electron chi connectivity index (χ3n) is 4.99. The number of rotatable bonds is 6. The quantitative estimate of drug-likeness (QED) is 0.364. The number of carbonyl (C=O) groups excluding carboxylic acids is 2. The van der Waals surface area contributed by atoms with E-state index < -0.39 is 0 Å². The molecule has 0 saturated carbocycles. The number of para-hydroxylation sites is 1. The maximum Gasteiger partial charge on any atom is 0.263 e. The molecule has 3 aromatic rings. The molecular weight excluding hydrogens is 427 g/mol. The summed E-state index contributed by atoms with van der Waals surface area (Å²) >= 11 is 14.0. The van der Waals surface area contributed by atoms with E-state index in [4.69, 9.17) is 23.2 Å². The first-order chi connectivity index (χ1) is 14.0. The highest BCUT2D eigenvalue weighted by Crippen LogP contribution is 2.32. The maximum absolute atomic E-state index is 13.1. The van der Waals surface area contributed by atoms with Gasteiger partial charge in [0.1, 0.15) is 0 Å². The highest BCUT2D eigenvalue weighted by Gasteiger charge is 2.39. The van der Waals surface area contributed by atoms with Crippen molar-refractivity contribution in [3.05, 3.63) is 74.9 Å². The number of hydrogen-bond acceptors (Lipinski definition) is 4. The summed E-state index contributed by atoms with van der Waals surface area (Å²) in [6, 6.07) is 12.9. The maximum atomic E-state index is 13.1. The Hall–Kier alpha value is -2.08. The van der Waals surface area contributed by atoms with Crippen LogP contribution in [0.1, 0.15) is 38.9 Å². The predicted molar refractivity (Wildman–Crippen MR) is 119 cm³/mol. The van der Waals surface area contributed by atoms with Gasteiger partial charge in [-0.15, -0.1) is 0 Å². The predicted octanol–water partition coefficient (Wildman–Crippen LogP) is 5.63. The molecule has 0 unspecified atom stereocenters. The van der Waals surface area contributed by atoms with Crippen molar-refractivity contribution in [2.75, 3.05) is 12.3 Å². The van der Waals surface area contributed by atoms with Gasteiger partial charge in [0.15, 0.2) is 0 Å². The molecule has 0 aliphatic carbocycles.